The minimum absolute atomic E-state index is 0.607. The van der Waals surface area contributed by atoms with Gasteiger partial charge in [-0.25, -0.2) is 0 Å². The molecule has 1 N–H and O–H groups in total. The van der Waals surface area contributed by atoms with Gasteiger partial charge in [-0.15, -0.1) is 0 Å². The molecule has 2 aliphatic heterocycles. The van der Waals surface area contributed by atoms with E-state index in [9.17, 15) is 0 Å². The number of piperidine rings is 1. The molecule has 98 valence electrons. The van der Waals surface area contributed by atoms with Gasteiger partial charge in [0.15, 0.2) is 0 Å². The quantitative estimate of drug-likeness (QED) is 0.860. The third-order valence-electron chi connectivity index (χ3n) is 4.54. The summed E-state index contributed by atoms with van der Waals surface area (Å²) in [5.41, 5.74) is 2.83. The summed E-state index contributed by atoms with van der Waals surface area (Å²) in [5.74, 6) is 0.866. The molecule has 0 saturated carbocycles. The summed E-state index contributed by atoms with van der Waals surface area (Å²) in [5, 5.41) is 3.68. The second kappa shape index (κ2) is 4.93. The molecule has 1 aromatic rings. The first-order valence-electron chi connectivity index (χ1n) is 7.31. The van der Waals surface area contributed by atoms with E-state index in [1.54, 1.807) is 0 Å². The van der Waals surface area contributed by atoms with Crippen molar-refractivity contribution in [2.45, 2.75) is 45.2 Å². The van der Waals surface area contributed by atoms with Crippen LogP contribution in [0.15, 0.2) is 24.3 Å². The molecule has 3 atom stereocenters. The molecule has 0 bridgehead atoms. The lowest BCUT2D eigenvalue weighted by Gasteiger charge is -2.38. The Bertz CT molecular complexity index is 390. The summed E-state index contributed by atoms with van der Waals surface area (Å²) in [4.78, 5) is 2.68. The van der Waals surface area contributed by atoms with Crippen molar-refractivity contribution in [3.8, 4) is 0 Å². The maximum Gasteiger partial charge on any atom is 0.0429 e. The number of nitrogens with one attached hydrogen (secondary N) is 1. The molecule has 1 aromatic carbocycles. The summed E-state index contributed by atoms with van der Waals surface area (Å²) in [7, 11) is 0. The van der Waals surface area contributed by atoms with Crippen LogP contribution in [0.3, 0.4) is 0 Å². The Morgan fingerprint density at radius 3 is 2.89 bits per heavy atom. The normalized spacial score (nSPS) is 32.0. The standard InChI is InChI=1S/C16H24N2/c1-12-7-8-13(2)18(10-12)11-15-9-14-5-3-4-6-16(14)17-15/h3-6,12-13,15,17H,7-11H2,1-2H3. The molecule has 3 rings (SSSR count). The number of nitrogens with zero attached hydrogens (tertiary/aromatic N) is 1. The lowest BCUT2D eigenvalue weighted by molar-refractivity contribution is 0.120. The van der Waals surface area contributed by atoms with Crippen molar-refractivity contribution in [3.63, 3.8) is 0 Å². The van der Waals surface area contributed by atoms with Crippen LogP contribution in [0, 0.1) is 5.92 Å². The molecule has 0 aliphatic carbocycles. The largest absolute Gasteiger partial charge is 0.380 e. The minimum atomic E-state index is 0.607. The second-order valence-electron chi connectivity index (χ2n) is 6.19. The maximum atomic E-state index is 3.68. The van der Waals surface area contributed by atoms with Gasteiger partial charge in [-0.3, -0.25) is 4.90 Å². The van der Waals surface area contributed by atoms with E-state index in [0.717, 1.165) is 12.0 Å². The second-order valence-corrected chi connectivity index (χ2v) is 6.19. The fourth-order valence-corrected chi connectivity index (χ4v) is 3.40. The van der Waals surface area contributed by atoms with Crippen molar-refractivity contribution in [3.05, 3.63) is 29.8 Å². The van der Waals surface area contributed by atoms with Crippen molar-refractivity contribution < 1.29 is 0 Å². The van der Waals surface area contributed by atoms with Crippen molar-refractivity contribution in [2.75, 3.05) is 18.4 Å². The van der Waals surface area contributed by atoms with Gasteiger partial charge in [0.05, 0.1) is 0 Å². The summed E-state index contributed by atoms with van der Waals surface area (Å²) in [6.07, 6.45) is 3.95. The van der Waals surface area contributed by atoms with E-state index in [0.29, 0.717) is 6.04 Å². The molecule has 3 unspecified atom stereocenters. The van der Waals surface area contributed by atoms with E-state index < -0.39 is 0 Å². The average molecular weight is 244 g/mol. The molecule has 2 heteroatoms. The molecule has 2 nitrogen and oxygen atoms in total. The van der Waals surface area contributed by atoms with Crippen LogP contribution in [0.1, 0.15) is 32.3 Å². The van der Waals surface area contributed by atoms with Crippen molar-refractivity contribution in [2.24, 2.45) is 5.92 Å². The fourth-order valence-electron chi connectivity index (χ4n) is 3.40. The van der Waals surface area contributed by atoms with Gasteiger partial charge in [-0.05, 0) is 43.7 Å². The summed E-state index contributed by atoms with van der Waals surface area (Å²) < 4.78 is 0. The Hall–Kier alpha value is -1.02. The average Bonchev–Trinajstić information content (AvgIpc) is 2.76. The number of hydrogen-bond donors (Lipinski definition) is 1. The van der Waals surface area contributed by atoms with Gasteiger partial charge < -0.3 is 5.32 Å². The lowest BCUT2D eigenvalue weighted by atomic mass is 9.94. The Morgan fingerprint density at radius 2 is 2.06 bits per heavy atom. The van der Waals surface area contributed by atoms with Crippen LogP contribution < -0.4 is 5.32 Å². The molecule has 2 heterocycles. The summed E-state index contributed by atoms with van der Waals surface area (Å²) in [6, 6.07) is 10.1. The first-order chi connectivity index (χ1) is 8.72. The molecule has 0 aromatic heterocycles. The van der Waals surface area contributed by atoms with Crippen LogP contribution in [0.25, 0.3) is 0 Å². The highest BCUT2D eigenvalue weighted by Crippen LogP contribution is 2.28. The number of rotatable bonds is 2. The number of likely N-dealkylation sites (tertiary alicyclic amines) is 1. The predicted molar refractivity (Wildman–Crippen MR) is 77.0 cm³/mol. The van der Waals surface area contributed by atoms with Crippen LogP contribution in [0.4, 0.5) is 5.69 Å². The topological polar surface area (TPSA) is 15.3 Å². The number of benzene rings is 1. The van der Waals surface area contributed by atoms with Gasteiger partial charge in [0, 0.05) is 30.9 Å². The SMILES string of the molecule is CC1CCC(C)N(CC2Cc3ccccc3N2)C1. The highest BCUT2D eigenvalue weighted by molar-refractivity contribution is 5.56. The maximum absolute atomic E-state index is 3.68. The lowest BCUT2D eigenvalue weighted by Crippen LogP contribution is -2.46. The third-order valence-corrected chi connectivity index (χ3v) is 4.54. The van der Waals surface area contributed by atoms with Gasteiger partial charge in [-0.2, -0.15) is 0 Å². The van der Waals surface area contributed by atoms with E-state index in [4.69, 9.17) is 0 Å². The fraction of sp³-hybridized carbons (Fsp3) is 0.625. The molecular formula is C16H24N2. The van der Waals surface area contributed by atoms with Gasteiger partial charge in [-0.1, -0.05) is 25.1 Å². The van der Waals surface area contributed by atoms with Crippen LogP contribution in [0.2, 0.25) is 0 Å². The molecule has 1 fully saturated rings. The van der Waals surface area contributed by atoms with E-state index in [1.807, 2.05) is 0 Å². The molecule has 0 radical (unpaired) electrons. The smallest absolute Gasteiger partial charge is 0.0429 e. The number of anilines is 1. The van der Waals surface area contributed by atoms with Crippen molar-refractivity contribution in [1.29, 1.82) is 0 Å². The number of hydrogen-bond acceptors (Lipinski definition) is 2. The molecule has 0 spiro atoms. The van der Waals surface area contributed by atoms with Crippen LogP contribution in [0.5, 0.6) is 0 Å². The summed E-state index contributed by atoms with van der Waals surface area (Å²) in [6.45, 7) is 7.24. The minimum Gasteiger partial charge on any atom is -0.380 e. The Labute approximate surface area is 110 Å². The zero-order valence-corrected chi connectivity index (χ0v) is 11.5. The van der Waals surface area contributed by atoms with E-state index in [-0.39, 0.29) is 0 Å². The van der Waals surface area contributed by atoms with Crippen LogP contribution >= 0.6 is 0 Å². The Morgan fingerprint density at radius 1 is 1.22 bits per heavy atom. The zero-order valence-electron chi connectivity index (χ0n) is 11.5. The van der Waals surface area contributed by atoms with Crippen LogP contribution in [-0.4, -0.2) is 30.1 Å². The zero-order chi connectivity index (χ0) is 12.5. The molecule has 1 saturated heterocycles. The van der Waals surface area contributed by atoms with E-state index in [2.05, 4.69) is 48.3 Å². The van der Waals surface area contributed by atoms with Crippen LogP contribution in [-0.2, 0) is 6.42 Å². The third kappa shape index (κ3) is 2.39. The van der Waals surface area contributed by atoms with Crippen molar-refractivity contribution >= 4 is 5.69 Å². The Balaban J connectivity index is 1.62. The summed E-state index contributed by atoms with van der Waals surface area (Å²) >= 11 is 0. The number of fused-ring (bicyclic) bond motifs is 1. The highest BCUT2D eigenvalue weighted by atomic mass is 15.2. The van der Waals surface area contributed by atoms with E-state index in [1.165, 1.54) is 43.6 Å². The number of para-hydroxylation sites is 1. The monoisotopic (exact) mass is 244 g/mol. The molecule has 18 heavy (non-hydrogen) atoms. The van der Waals surface area contributed by atoms with Gasteiger partial charge in [0.1, 0.15) is 0 Å². The molecule has 0 amide bonds. The predicted octanol–water partition coefficient (Wildman–Crippen LogP) is 3.14. The van der Waals surface area contributed by atoms with Crippen molar-refractivity contribution in [1.82, 2.24) is 4.90 Å². The van der Waals surface area contributed by atoms with E-state index >= 15 is 0 Å². The molecule has 2 aliphatic rings. The van der Waals surface area contributed by atoms with Gasteiger partial charge in [0.25, 0.3) is 0 Å². The first-order valence-corrected chi connectivity index (χ1v) is 7.31. The highest BCUT2D eigenvalue weighted by Gasteiger charge is 2.27. The molecular weight excluding hydrogens is 220 g/mol. The van der Waals surface area contributed by atoms with Gasteiger partial charge >= 0.3 is 0 Å². The Kier molecular flexibility index (Phi) is 3.29. The van der Waals surface area contributed by atoms with Gasteiger partial charge in [0.2, 0.25) is 0 Å². The first kappa shape index (κ1) is 12.0.